The van der Waals surface area contributed by atoms with E-state index in [-0.39, 0.29) is 18.2 Å². The molecule has 0 bridgehead atoms. The van der Waals surface area contributed by atoms with Crippen LogP contribution in [0.4, 0.5) is 11.4 Å². The number of rotatable bonds is 9. The quantitative estimate of drug-likeness (QED) is 0.0844. The van der Waals surface area contributed by atoms with E-state index in [1.807, 2.05) is 31.2 Å². The fourth-order valence-corrected chi connectivity index (χ4v) is 5.65. The van der Waals surface area contributed by atoms with Crippen molar-refractivity contribution in [3.05, 3.63) is 90.4 Å². The van der Waals surface area contributed by atoms with Crippen LogP contribution < -0.4 is 19.1 Å². The number of para-hydroxylation sites is 2. The van der Waals surface area contributed by atoms with Gasteiger partial charge in [0.05, 0.1) is 32.8 Å². The van der Waals surface area contributed by atoms with Crippen LogP contribution in [0, 0.1) is 13.7 Å². The SMILES string of the molecule is CCOc1cc(/C=C2/SC(=S)N(c3ccccc3OC)C2=O)cc(I)c1OCc1ccc([N+](=O)[O-])cc1. The number of benzene rings is 3. The Morgan fingerprint density at radius 3 is 2.51 bits per heavy atom. The number of carbonyl (C=O) groups is 1. The second kappa shape index (κ2) is 11.9. The van der Waals surface area contributed by atoms with Crippen molar-refractivity contribution in [1.29, 1.82) is 0 Å². The van der Waals surface area contributed by atoms with Gasteiger partial charge in [0.2, 0.25) is 0 Å². The van der Waals surface area contributed by atoms with E-state index in [9.17, 15) is 14.9 Å². The molecule has 0 aliphatic carbocycles. The molecule has 3 aromatic rings. The zero-order chi connectivity index (χ0) is 26.5. The Labute approximate surface area is 236 Å². The first kappa shape index (κ1) is 26.9. The molecule has 0 saturated carbocycles. The molecule has 1 amide bonds. The Balaban J connectivity index is 1.58. The minimum atomic E-state index is -0.441. The van der Waals surface area contributed by atoms with E-state index in [1.54, 1.807) is 37.5 Å². The average Bonchev–Trinajstić information content (AvgIpc) is 3.16. The van der Waals surface area contributed by atoms with Crippen LogP contribution in [-0.4, -0.2) is 28.9 Å². The summed E-state index contributed by atoms with van der Waals surface area (Å²) in [5.74, 6) is 1.41. The van der Waals surface area contributed by atoms with E-state index in [1.165, 1.54) is 28.8 Å². The molecule has 1 aliphatic heterocycles. The van der Waals surface area contributed by atoms with E-state index in [0.717, 1.165) is 14.7 Å². The molecule has 37 heavy (non-hydrogen) atoms. The summed E-state index contributed by atoms with van der Waals surface area (Å²) in [4.78, 5) is 25.7. The van der Waals surface area contributed by atoms with E-state index in [4.69, 9.17) is 26.4 Å². The minimum absolute atomic E-state index is 0.0220. The molecule has 0 atom stereocenters. The van der Waals surface area contributed by atoms with Gasteiger partial charge in [0, 0.05) is 12.1 Å². The third-order valence-corrected chi connectivity index (χ3v) is 7.38. The highest BCUT2D eigenvalue weighted by atomic mass is 127. The van der Waals surface area contributed by atoms with E-state index < -0.39 is 4.92 Å². The van der Waals surface area contributed by atoms with Gasteiger partial charge < -0.3 is 14.2 Å². The molecular formula is C26H21IN2O6S2. The second-order valence-corrected chi connectivity index (χ2v) is 10.5. The zero-order valence-electron chi connectivity index (χ0n) is 19.8. The fourth-order valence-electron chi connectivity index (χ4n) is 3.58. The van der Waals surface area contributed by atoms with Gasteiger partial charge in [0.15, 0.2) is 15.8 Å². The first-order valence-electron chi connectivity index (χ1n) is 11.1. The van der Waals surface area contributed by atoms with Gasteiger partial charge in [0.1, 0.15) is 12.4 Å². The molecule has 4 rings (SSSR count). The van der Waals surface area contributed by atoms with Crippen LogP contribution in [0.5, 0.6) is 17.2 Å². The molecule has 1 heterocycles. The maximum atomic E-state index is 13.3. The number of thioether (sulfide) groups is 1. The third-order valence-electron chi connectivity index (χ3n) is 5.28. The van der Waals surface area contributed by atoms with Crippen molar-refractivity contribution in [2.45, 2.75) is 13.5 Å². The number of nitro benzene ring substituents is 1. The number of ether oxygens (including phenoxy) is 3. The Bertz CT molecular complexity index is 1390. The van der Waals surface area contributed by atoms with Gasteiger partial charge in [0.25, 0.3) is 11.6 Å². The number of carbonyl (C=O) groups excluding carboxylic acids is 1. The van der Waals surface area contributed by atoms with E-state index in [2.05, 4.69) is 22.6 Å². The average molecular weight is 648 g/mol. The molecule has 1 aliphatic rings. The third kappa shape index (κ3) is 6.05. The van der Waals surface area contributed by atoms with Crippen LogP contribution in [0.15, 0.2) is 65.6 Å². The van der Waals surface area contributed by atoms with Crippen LogP contribution in [0.3, 0.4) is 0 Å². The van der Waals surface area contributed by atoms with Gasteiger partial charge in [-0.05, 0) is 83.1 Å². The number of halogens is 1. The molecule has 11 heteroatoms. The monoisotopic (exact) mass is 648 g/mol. The number of nitrogens with zero attached hydrogens (tertiary/aromatic N) is 2. The molecule has 3 aromatic carbocycles. The Hall–Kier alpha value is -3.16. The van der Waals surface area contributed by atoms with Gasteiger partial charge in [-0.25, -0.2) is 0 Å². The lowest BCUT2D eigenvalue weighted by molar-refractivity contribution is -0.384. The van der Waals surface area contributed by atoms with Gasteiger partial charge in [-0.1, -0.05) is 36.1 Å². The number of hydrogen-bond donors (Lipinski definition) is 0. The van der Waals surface area contributed by atoms with Crippen molar-refractivity contribution in [3.8, 4) is 17.2 Å². The number of non-ortho nitro benzene ring substituents is 1. The molecule has 1 saturated heterocycles. The normalized spacial score (nSPS) is 14.2. The van der Waals surface area contributed by atoms with E-state index >= 15 is 0 Å². The van der Waals surface area contributed by atoms with Crippen molar-refractivity contribution in [2.24, 2.45) is 0 Å². The molecule has 0 unspecified atom stereocenters. The van der Waals surface area contributed by atoms with Crippen molar-refractivity contribution in [1.82, 2.24) is 0 Å². The largest absolute Gasteiger partial charge is 0.495 e. The molecule has 190 valence electrons. The summed E-state index contributed by atoms with van der Waals surface area (Å²) in [5, 5.41) is 10.9. The number of methoxy groups -OCH3 is 1. The standard InChI is InChI=1S/C26H21IN2O6S2/c1-3-34-22-13-17(12-19(27)24(22)35-15-16-8-10-18(11-9-16)29(31)32)14-23-25(30)28(26(36)37-23)20-6-4-5-7-21(20)33-2/h4-14H,3,15H2,1-2H3/b23-14+. The summed E-state index contributed by atoms with van der Waals surface area (Å²) in [6.45, 7) is 2.51. The van der Waals surface area contributed by atoms with Crippen LogP contribution >= 0.6 is 46.6 Å². The molecule has 0 aromatic heterocycles. The lowest BCUT2D eigenvalue weighted by Crippen LogP contribution is -2.27. The number of amides is 1. The summed E-state index contributed by atoms with van der Waals surface area (Å²) >= 11 is 8.89. The summed E-state index contributed by atoms with van der Waals surface area (Å²) in [6.07, 6.45) is 1.78. The van der Waals surface area contributed by atoms with Crippen molar-refractivity contribution in [2.75, 3.05) is 18.6 Å². The highest BCUT2D eigenvalue weighted by molar-refractivity contribution is 14.1. The Morgan fingerprint density at radius 1 is 1.11 bits per heavy atom. The number of nitro groups is 1. The molecule has 8 nitrogen and oxygen atoms in total. The summed E-state index contributed by atoms with van der Waals surface area (Å²) in [5.41, 5.74) is 2.16. The van der Waals surface area contributed by atoms with Gasteiger partial charge in [-0.15, -0.1) is 0 Å². The van der Waals surface area contributed by atoms with Crippen LogP contribution in [0.1, 0.15) is 18.1 Å². The number of thiocarbonyl (C=S) groups is 1. The second-order valence-electron chi connectivity index (χ2n) is 7.66. The van der Waals surface area contributed by atoms with Crippen LogP contribution in [0.25, 0.3) is 6.08 Å². The topological polar surface area (TPSA) is 91.1 Å². The first-order valence-corrected chi connectivity index (χ1v) is 13.4. The Kier molecular flexibility index (Phi) is 8.67. The highest BCUT2D eigenvalue weighted by Crippen LogP contribution is 2.41. The molecule has 0 N–H and O–H groups in total. The summed E-state index contributed by atoms with van der Waals surface area (Å²) < 4.78 is 18.5. The van der Waals surface area contributed by atoms with Gasteiger partial charge in [-0.3, -0.25) is 19.8 Å². The van der Waals surface area contributed by atoms with E-state index in [0.29, 0.717) is 38.8 Å². The first-order chi connectivity index (χ1) is 17.8. The molecule has 0 spiro atoms. The van der Waals surface area contributed by atoms with Crippen molar-refractivity contribution < 1.29 is 23.9 Å². The Morgan fingerprint density at radius 2 is 1.84 bits per heavy atom. The maximum absolute atomic E-state index is 13.3. The molecule has 1 fully saturated rings. The lowest BCUT2D eigenvalue weighted by atomic mass is 10.1. The van der Waals surface area contributed by atoms with Crippen LogP contribution in [-0.2, 0) is 11.4 Å². The molecule has 0 radical (unpaired) electrons. The molecular weight excluding hydrogens is 627 g/mol. The highest BCUT2D eigenvalue weighted by Gasteiger charge is 2.35. The summed E-state index contributed by atoms with van der Waals surface area (Å²) in [7, 11) is 1.55. The predicted octanol–water partition coefficient (Wildman–Crippen LogP) is 6.59. The predicted molar refractivity (Wildman–Crippen MR) is 156 cm³/mol. The lowest BCUT2D eigenvalue weighted by Gasteiger charge is -2.17. The summed E-state index contributed by atoms with van der Waals surface area (Å²) in [6, 6.07) is 17.1. The van der Waals surface area contributed by atoms with Crippen LogP contribution in [0.2, 0.25) is 0 Å². The minimum Gasteiger partial charge on any atom is -0.495 e. The smallest absolute Gasteiger partial charge is 0.270 e. The fraction of sp³-hybridized carbons (Fsp3) is 0.154. The van der Waals surface area contributed by atoms with Gasteiger partial charge in [-0.2, -0.15) is 0 Å². The van der Waals surface area contributed by atoms with Crippen molar-refractivity contribution >= 4 is 74.2 Å². The maximum Gasteiger partial charge on any atom is 0.270 e. The number of anilines is 1. The zero-order valence-corrected chi connectivity index (χ0v) is 23.6. The number of hydrogen-bond acceptors (Lipinski definition) is 8. The van der Waals surface area contributed by atoms with Gasteiger partial charge >= 0.3 is 0 Å². The van der Waals surface area contributed by atoms with Crippen molar-refractivity contribution in [3.63, 3.8) is 0 Å².